The Morgan fingerprint density at radius 1 is 1.12 bits per heavy atom. The van der Waals surface area contributed by atoms with E-state index in [4.69, 9.17) is 0 Å². The number of benzene rings is 2. The van der Waals surface area contributed by atoms with Crippen LogP contribution in [0.1, 0.15) is 30.9 Å². The second kappa shape index (κ2) is 8.52. The number of nitro benzene ring substituents is 1. The number of nitrogens with one attached hydrogen (secondary N) is 2. The molecule has 0 aliphatic carbocycles. The molecule has 0 bridgehead atoms. The van der Waals surface area contributed by atoms with Crippen molar-refractivity contribution in [3.8, 4) is 0 Å². The fourth-order valence-electron chi connectivity index (χ4n) is 2.07. The Morgan fingerprint density at radius 2 is 1.81 bits per heavy atom. The molecule has 0 saturated carbocycles. The van der Waals surface area contributed by atoms with Gasteiger partial charge in [-0.05, 0) is 23.6 Å². The molecule has 0 unspecified atom stereocenters. The first-order chi connectivity index (χ1) is 12.4. The molecule has 134 valence electrons. The first-order valence-electron chi connectivity index (χ1n) is 7.85. The Bertz CT molecular complexity index is 845. The van der Waals surface area contributed by atoms with Crippen LogP contribution in [-0.2, 0) is 9.59 Å². The Kier molecular flexibility index (Phi) is 6.15. The minimum absolute atomic E-state index is 0.0946. The summed E-state index contributed by atoms with van der Waals surface area (Å²) in [6.07, 6.45) is 1.22. The van der Waals surface area contributed by atoms with Crippen molar-refractivity contribution in [2.75, 3.05) is 5.32 Å². The summed E-state index contributed by atoms with van der Waals surface area (Å²) < 4.78 is 0. The molecular weight excluding hydrogens is 336 g/mol. The zero-order valence-corrected chi connectivity index (χ0v) is 14.3. The number of carbonyl (C=O) groups excluding carboxylic acids is 2. The van der Waals surface area contributed by atoms with Crippen molar-refractivity contribution >= 4 is 29.4 Å². The van der Waals surface area contributed by atoms with Crippen LogP contribution in [0, 0.1) is 10.1 Å². The molecule has 0 fully saturated rings. The second-order valence-corrected chi connectivity index (χ2v) is 5.78. The van der Waals surface area contributed by atoms with Crippen molar-refractivity contribution in [1.29, 1.82) is 0 Å². The standard InChI is InChI=1S/C18H18N4O4/c1-12(2)14-6-8-15(9-7-14)20-17(23)18(24)21-19-11-13-4-3-5-16(10-13)22(25)26/h3-12H,1-2H3,(H,20,23)(H,21,24)/b19-11-. The maximum absolute atomic E-state index is 11.8. The van der Waals surface area contributed by atoms with E-state index in [1.54, 1.807) is 18.2 Å². The third-order valence-electron chi connectivity index (χ3n) is 3.50. The summed E-state index contributed by atoms with van der Waals surface area (Å²) in [4.78, 5) is 33.7. The molecule has 2 aromatic rings. The van der Waals surface area contributed by atoms with Crippen molar-refractivity contribution in [1.82, 2.24) is 5.43 Å². The predicted molar refractivity (Wildman–Crippen MR) is 98.0 cm³/mol. The number of hydrogen-bond donors (Lipinski definition) is 2. The van der Waals surface area contributed by atoms with Crippen LogP contribution in [0.25, 0.3) is 0 Å². The van der Waals surface area contributed by atoms with Crippen LogP contribution in [0.3, 0.4) is 0 Å². The van der Waals surface area contributed by atoms with Gasteiger partial charge in [-0.15, -0.1) is 0 Å². The van der Waals surface area contributed by atoms with Gasteiger partial charge in [0.2, 0.25) is 0 Å². The molecule has 0 radical (unpaired) electrons. The quantitative estimate of drug-likeness (QED) is 0.372. The van der Waals surface area contributed by atoms with Crippen LogP contribution in [0.2, 0.25) is 0 Å². The third kappa shape index (κ3) is 5.23. The first-order valence-corrected chi connectivity index (χ1v) is 7.85. The topological polar surface area (TPSA) is 114 Å². The number of hydrogen-bond acceptors (Lipinski definition) is 5. The number of nitrogens with zero attached hydrogens (tertiary/aromatic N) is 2. The van der Waals surface area contributed by atoms with Crippen molar-refractivity contribution in [2.24, 2.45) is 5.10 Å². The van der Waals surface area contributed by atoms with E-state index in [0.29, 0.717) is 17.2 Å². The molecule has 26 heavy (non-hydrogen) atoms. The van der Waals surface area contributed by atoms with Crippen LogP contribution in [0.15, 0.2) is 53.6 Å². The first kappa shape index (κ1) is 18.8. The van der Waals surface area contributed by atoms with Gasteiger partial charge in [-0.2, -0.15) is 5.10 Å². The Hall–Kier alpha value is -3.55. The summed E-state index contributed by atoms with van der Waals surface area (Å²) in [6.45, 7) is 4.11. The zero-order chi connectivity index (χ0) is 19.1. The van der Waals surface area contributed by atoms with E-state index in [9.17, 15) is 19.7 Å². The van der Waals surface area contributed by atoms with Gasteiger partial charge in [-0.1, -0.05) is 38.1 Å². The zero-order valence-electron chi connectivity index (χ0n) is 14.3. The average molecular weight is 354 g/mol. The molecule has 2 N–H and O–H groups in total. The highest BCUT2D eigenvalue weighted by molar-refractivity contribution is 6.39. The highest BCUT2D eigenvalue weighted by Gasteiger charge is 2.13. The number of amides is 2. The van der Waals surface area contributed by atoms with Crippen LogP contribution >= 0.6 is 0 Å². The Labute approximate surface area is 150 Å². The van der Waals surface area contributed by atoms with Gasteiger partial charge in [0.15, 0.2) is 0 Å². The smallest absolute Gasteiger partial charge is 0.318 e. The lowest BCUT2D eigenvalue weighted by atomic mass is 10.0. The number of hydrazone groups is 1. The van der Waals surface area contributed by atoms with Gasteiger partial charge < -0.3 is 5.32 Å². The fourth-order valence-corrected chi connectivity index (χ4v) is 2.07. The van der Waals surface area contributed by atoms with Crippen LogP contribution in [0.5, 0.6) is 0 Å². The molecule has 0 aliphatic heterocycles. The lowest BCUT2D eigenvalue weighted by molar-refractivity contribution is -0.384. The Morgan fingerprint density at radius 3 is 2.42 bits per heavy atom. The number of carbonyl (C=O) groups is 2. The van der Waals surface area contributed by atoms with Crippen molar-refractivity contribution in [3.63, 3.8) is 0 Å². The van der Waals surface area contributed by atoms with Gasteiger partial charge in [-0.3, -0.25) is 19.7 Å². The molecule has 0 aliphatic rings. The number of nitro groups is 1. The van der Waals surface area contributed by atoms with Crippen LogP contribution in [0.4, 0.5) is 11.4 Å². The molecule has 0 saturated heterocycles. The molecule has 2 rings (SSSR count). The van der Waals surface area contributed by atoms with Crippen LogP contribution < -0.4 is 10.7 Å². The summed E-state index contributed by atoms with van der Waals surface area (Å²) in [7, 11) is 0. The summed E-state index contributed by atoms with van der Waals surface area (Å²) in [5.41, 5.74) is 4.02. The van der Waals surface area contributed by atoms with Crippen molar-refractivity contribution < 1.29 is 14.5 Å². The molecule has 8 heteroatoms. The molecule has 2 aromatic carbocycles. The second-order valence-electron chi connectivity index (χ2n) is 5.78. The number of anilines is 1. The molecule has 0 spiro atoms. The lowest BCUT2D eigenvalue weighted by Gasteiger charge is -2.07. The summed E-state index contributed by atoms with van der Waals surface area (Å²) >= 11 is 0. The summed E-state index contributed by atoms with van der Waals surface area (Å²) in [5.74, 6) is -1.44. The summed E-state index contributed by atoms with van der Waals surface area (Å²) in [5, 5.41) is 16.8. The monoisotopic (exact) mass is 354 g/mol. The maximum Gasteiger partial charge on any atom is 0.329 e. The molecule has 0 heterocycles. The predicted octanol–water partition coefficient (Wildman–Crippen LogP) is 2.81. The average Bonchev–Trinajstić information content (AvgIpc) is 2.62. The van der Waals surface area contributed by atoms with E-state index in [2.05, 4.69) is 29.7 Å². The van der Waals surface area contributed by atoms with Gasteiger partial charge in [0.1, 0.15) is 0 Å². The molecule has 8 nitrogen and oxygen atoms in total. The van der Waals surface area contributed by atoms with E-state index in [0.717, 1.165) is 5.56 Å². The molecule has 0 atom stereocenters. The van der Waals surface area contributed by atoms with Gasteiger partial charge >= 0.3 is 11.8 Å². The Balaban J connectivity index is 1.91. The normalized spacial score (nSPS) is 10.7. The summed E-state index contributed by atoms with van der Waals surface area (Å²) in [6, 6.07) is 12.9. The SMILES string of the molecule is CC(C)c1ccc(NC(=O)C(=O)N/N=C\c2cccc([N+](=O)[O-])c2)cc1. The molecule has 2 amide bonds. The van der Waals surface area contributed by atoms with Gasteiger partial charge in [0.05, 0.1) is 11.1 Å². The van der Waals surface area contributed by atoms with Gasteiger partial charge in [0, 0.05) is 23.4 Å². The van der Waals surface area contributed by atoms with Gasteiger partial charge in [-0.25, -0.2) is 5.43 Å². The highest BCUT2D eigenvalue weighted by atomic mass is 16.6. The van der Waals surface area contributed by atoms with Gasteiger partial charge in [0.25, 0.3) is 5.69 Å². The molecular formula is C18H18N4O4. The maximum atomic E-state index is 11.8. The number of rotatable bonds is 5. The van der Waals surface area contributed by atoms with E-state index in [1.807, 2.05) is 12.1 Å². The molecule has 0 aromatic heterocycles. The van der Waals surface area contributed by atoms with Crippen molar-refractivity contribution in [2.45, 2.75) is 19.8 Å². The highest BCUT2D eigenvalue weighted by Crippen LogP contribution is 2.17. The van der Waals surface area contributed by atoms with Crippen LogP contribution in [-0.4, -0.2) is 23.0 Å². The lowest BCUT2D eigenvalue weighted by Crippen LogP contribution is -2.32. The largest absolute Gasteiger partial charge is 0.329 e. The van der Waals surface area contributed by atoms with E-state index >= 15 is 0 Å². The minimum Gasteiger partial charge on any atom is -0.318 e. The van der Waals surface area contributed by atoms with E-state index in [-0.39, 0.29) is 5.69 Å². The van der Waals surface area contributed by atoms with E-state index in [1.165, 1.54) is 24.4 Å². The minimum atomic E-state index is -0.945. The number of non-ortho nitro benzene ring substituents is 1. The van der Waals surface area contributed by atoms with E-state index < -0.39 is 16.7 Å². The fraction of sp³-hybridized carbons (Fsp3) is 0.167. The van der Waals surface area contributed by atoms with Crippen molar-refractivity contribution in [3.05, 3.63) is 69.8 Å². The third-order valence-corrected chi connectivity index (χ3v) is 3.50.